The highest BCUT2D eigenvalue weighted by molar-refractivity contribution is 5.78. The monoisotopic (exact) mass is 321 g/mol. The molecule has 1 fully saturated rings. The van der Waals surface area contributed by atoms with Crippen molar-refractivity contribution in [3.05, 3.63) is 45.3 Å². The van der Waals surface area contributed by atoms with Crippen LogP contribution in [0.2, 0.25) is 0 Å². The van der Waals surface area contributed by atoms with Crippen molar-refractivity contribution in [3.63, 3.8) is 0 Å². The van der Waals surface area contributed by atoms with Crippen LogP contribution in [0.15, 0.2) is 28.4 Å². The van der Waals surface area contributed by atoms with E-state index < -0.39 is 11.2 Å². The van der Waals surface area contributed by atoms with Gasteiger partial charge in [-0.05, 0) is 19.3 Å². The number of nitrogens with one attached hydrogen (secondary N) is 1. The van der Waals surface area contributed by atoms with E-state index in [0.29, 0.717) is 19.5 Å². The summed E-state index contributed by atoms with van der Waals surface area (Å²) in [5.41, 5.74) is -1.04. The van der Waals surface area contributed by atoms with Crippen LogP contribution in [0.4, 0.5) is 0 Å². The molecule has 2 heterocycles. The lowest BCUT2D eigenvalue weighted by Crippen LogP contribution is -2.48. The zero-order chi connectivity index (χ0) is 17.0. The topological polar surface area (TPSA) is 95.4 Å². The Morgan fingerprint density at radius 2 is 2.26 bits per heavy atom. The number of amides is 1. The van der Waals surface area contributed by atoms with Gasteiger partial charge in [0.15, 0.2) is 0 Å². The molecule has 2 rings (SSSR count). The summed E-state index contributed by atoms with van der Waals surface area (Å²) in [6, 6.07) is 0. The first-order chi connectivity index (χ1) is 10.9. The number of carbonyl (C=O) groups excluding carboxylic acids is 1. The van der Waals surface area contributed by atoms with Gasteiger partial charge in [0.25, 0.3) is 5.56 Å². The molecule has 1 aliphatic heterocycles. The van der Waals surface area contributed by atoms with E-state index in [4.69, 9.17) is 0 Å². The molecule has 0 aromatic carbocycles. The zero-order valence-corrected chi connectivity index (χ0v) is 13.4. The van der Waals surface area contributed by atoms with E-state index in [0.717, 1.165) is 17.4 Å². The summed E-state index contributed by atoms with van der Waals surface area (Å²) < 4.78 is 0.953. The van der Waals surface area contributed by atoms with E-state index in [9.17, 15) is 19.5 Å². The maximum absolute atomic E-state index is 12.5. The standard InChI is InChI=1S/C16H23N3O4/c1-3-5-16(11-20)6-4-7-19(10-16)13(21)8-12-9-17-15(23)18(2)14(12)22/h3,9,20H,1,4-8,10-11H2,2H3,(H,17,23)/t16-/m1/s1. The Morgan fingerprint density at radius 1 is 1.52 bits per heavy atom. The quantitative estimate of drug-likeness (QED) is 0.734. The minimum absolute atomic E-state index is 0.00320. The summed E-state index contributed by atoms with van der Waals surface area (Å²) in [7, 11) is 1.37. The smallest absolute Gasteiger partial charge is 0.328 e. The molecule has 0 saturated carbocycles. The SMILES string of the molecule is C=CC[C@@]1(CO)CCCN(C(=O)Cc2c[nH]c(=O)n(C)c2=O)C1. The van der Waals surface area contributed by atoms with Crippen LogP contribution in [0.1, 0.15) is 24.8 Å². The number of aliphatic hydroxyl groups is 1. The molecule has 1 amide bonds. The van der Waals surface area contributed by atoms with Crippen molar-refractivity contribution in [2.75, 3.05) is 19.7 Å². The first-order valence-corrected chi connectivity index (χ1v) is 7.69. The summed E-state index contributed by atoms with van der Waals surface area (Å²) in [6.07, 6.45) is 5.31. The number of rotatable bonds is 5. The fraction of sp³-hybridized carbons (Fsp3) is 0.562. The lowest BCUT2D eigenvalue weighted by atomic mass is 9.77. The van der Waals surface area contributed by atoms with Gasteiger partial charge in [0.05, 0.1) is 13.0 Å². The minimum atomic E-state index is -0.505. The number of piperidine rings is 1. The average molecular weight is 321 g/mol. The molecule has 1 saturated heterocycles. The molecule has 1 atom stereocenters. The van der Waals surface area contributed by atoms with E-state index in [1.54, 1.807) is 11.0 Å². The summed E-state index contributed by atoms with van der Waals surface area (Å²) in [4.78, 5) is 40.0. The molecule has 0 bridgehead atoms. The van der Waals surface area contributed by atoms with Gasteiger partial charge in [-0.25, -0.2) is 4.79 Å². The molecule has 0 radical (unpaired) electrons. The fourth-order valence-corrected chi connectivity index (χ4v) is 3.10. The maximum atomic E-state index is 12.5. The molecule has 0 spiro atoms. The van der Waals surface area contributed by atoms with Crippen molar-refractivity contribution < 1.29 is 9.90 Å². The minimum Gasteiger partial charge on any atom is -0.396 e. The normalized spacial score (nSPS) is 21.2. The summed E-state index contributed by atoms with van der Waals surface area (Å²) in [5.74, 6) is -0.171. The molecular weight excluding hydrogens is 298 g/mol. The highest BCUT2D eigenvalue weighted by atomic mass is 16.3. The van der Waals surface area contributed by atoms with Crippen molar-refractivity contribution in [2.24, 2.45) is 12.5 Å². The lowest BCUT2D eigenvalue weighted by Gasteiger charge is -2.41. The Kier molecular flexibility index (Phi) is 5.20. The molecule has 126 valence electrons. The van der Waals surface area contributed by atoms with E-state index in [1.165, 1.54) is 13.2 Å². The zero-order valence-electron chi connectivity index (χ0n) is 13.4. The van der Waals surface area contributed by atoms with Gasteiger partial charge in [0.2, 0.25) is 5.91 Å². The number of nitrogens with zero attached hydrogens (tertiary/aromatic N) is 2. The number of aliphatic hydroxyl groups excluding tert-OH is 1. The molecule has 0 aliphatic carbocycles. The Morgan fingerprint density at radius 3 is 2.91 bits per heavy atom. The Hall–Kier alpha value is -2.15. The van der Waals surface area contributed by atoms with Gasteiger partial charge in [-0.3, -0.25) is 14.2 Å². The summed E-state index contributed by atoms with van der Waals surface area (Å²) in [6.45, 7) is 4.79. The van der Waals surface area contributed by atoms with Gasteiger partial charge < -0.3 is 15.0 Å². The van der Waals surface area contributed by atoms with Crippen LogP contribution in [0.5, 0.6) is 0 Å². The molecule has 2 N–H and O–H groups in total. The predicted molar refractivity (Wildman–Crippen MR) is 86.2 cm³/mol. The highest BCUT2D eigenvalue weighted by Gasteiger charge is 2.35. The van der Waals surface area contributed by atoms with E-state index in [1.807, 2.05) is 0 Å². The van der Waals surface area contributed by atoms with E-state index >= 15 is 0 Å². The van der Waals surface area contributed by atoms with Crippen LogP contribution in [-0.2, 0) is 18.3 Å². The second-order valence-electron chi connectivity index (χ2n) is 6.23. The average Bonchev–Trinajstić information content (AvgIpc) is 2.56. The Bertz CT molecular complexity index is 706. The van der Waals surface area contributed by atoms with Crippen LogP contribution >= 0.6 is 0 Å². The van der Waals surface area contributed by atoms with Crippen LogP contribution in [0.25, 0.3) is 0 Å². The van der Waals surface area contributed by atoms with Crippen molar-refractivity contribution in [3.8, 4) is 0 Å². The second kappa shape index (κ2) is 6.95. The highest BCUT2D eigenvalue weighted by Crippen LogP contribution is 2.33. The third-order valence-electron chi connectivity index (χ3n) is 4.52. The maximum Gasteiger partial charge on any atom is 0.328 e. The van der Waals surface area contributed by atoms with Gasteiger partial charge >= 0.3 is 5.69 Å². The third-order valence-corrected chi connectivity index (χ3v) is 4.52. The van der Waals surface area contributed by atoms with Crippen LogP contribution in [0.3, 0.4) is 0 Å². The van der Waals surface area contributed by atoms with E-state index in [2.05, 4.69) is 11.6 Å². The number of hydrogen-bond acceptors (Lipinski definition) is 4. The first-order valence-electron chi connectivity index (χ1n) is 7.69. The molecule has 7 heteroatoms. The van der Waals surface area contributed by atoms with Crippen molar-refractivity contribution in [1.82, 2.24) is 14.5 Å². The number of H-pyrrole nitrogens is 1. The number of aromatic nitrogens is 2. The van der Waals surface area contributed by atoms with Crippen LogP contribution in [0, 0.1) is 5.41 Å². The predicted octanol–water partition coefficient (Wildman–Crippen LogP) is -0.207. The number of carbonyl (C=O) groups is 1. The van der Waals surface area contributed by atoms with Gasteiger partial charge in [-0.1, -0.05) is 6.08 Å². The Balaban J connectivity index is 2.15. The molecule has 7 nitrogen and oxygen atoms in total. The van der Waals surface area contributed by atoms with Crippen LogP contribution < -0.4 is 11.2 Å². The number of aromatic amines is 1. The van der Waals surface area contributed by atoms with Gasteiger partial charge in [-0.15, -0.1) is 6.58 Å². The van der Waals surface area contributed by atoms with E-state index in [-0.39, 0.29) is 29.9 Å². The largest absolute Gasteiger partial charge is 0.396 e. The third kappa shape index (κ3) is 3.61. The lowest BCUT2D eigenvalue weighted by molar-refractivity contribution is -0.134. The van der Waals surface area contributed by atoms with Crippen molar-refractivity contribution in [1.29, 1.82) is 0 Å². The number of allylic oxidation sites excluding steroid dienone is 1. The summed E-state index contributed by atoms with van der Waals surface area (Å²) in [5, 5.41) is 9.69. The van der Waals surface area contributed by atoms with Crippen LogP contribution in [-0.4, -0.2) is 45.2 Å². The van der Waals surface area contributed by atoms with Gasteiger partial charge in [0, 0.05) is 37.3 Å². The molecule has 1 aromatic heterocycles. The van der Waals surface area contributed by atoms with Gasteiger partial charge in [0.1, 0.15) is 0 Å². The summed E-state index contributed by atoms with van der Waals surface area (Å²) >= 11 is 0. The van der Waals surface area contributed by atoms with Crippen molar-refractivity contribution in [2.45, 2.75) is 25.7 Å². The molecule has 1 aliphatic rings. The molecule has 1 aromatic rings. The molecular formula is C16H23N3O4. The van der Waals surface area contributed by atoms with Crippen molar-refractivity contribution >= 4 is 5.91 Å². The fourth-order valence-electron chi connectivity index (χ4n) is 3.10. The Labute approximate surface area is 134 Å². The molecule has 23 heavy (non-hydrogen) atoms. The first kappa shape index (κ1) is 17.2. The second-order valence-corrected chi connectivity index (χ2v) is 6.23. The molecule has 0 unspecified atom stereocenters. The number of hydrogen-bond donors (Lipinski definition) is 2. The van der Waals surface area contributed by atoms with Gasteiger partial charge in [-0.2, -0.15) is 0 Å². The number of likely N-dealkylation sites (tertiary alicyclic amines) is 1.